The predicted octanol–water partition coefficient (Wildman–Crippen LogP) is 0.971. The van der Waals surface area contributed by atoms with Crippen LogP contribution in [0.15, 0.2) is 23.8 Å². The van der Waals surface area contributed by atoms with E-state index in [9.17, 15) is 4.79 Å². The van der Waals surface area contributed by atoms with Crippen LogP contribution in [-0.4, -0.2) is 47.7 Å². The third kappa shape index (κ3) is 12.8. The zero-order chi connectivity index (χ0) is 13.7. The second-order valence-corrected chi connectivity index (χ2v) is 3.26. The normalized spacial score (nSPS) is 11.1. The van der Waals surface area contributed by atoms with Crippen LogP contribution in [0, 0.1) is 0 Å². The minimum absolute atomic E-state index is 0.0278. The summed E-state index contributed by atoms with van der Waals surface area (Å²) in [7, 11) is 0. The van der Waals surface area contributed by atoms with Crippen molar-refractivity contribution in [1.82, 2.24) is 0 Å². The molecule has 0 aliphatic heterocycles. The summed E-state index contributed by atoms with van der Waals surface area (Å²) in [6.07, 6.45) is 2.35. The molecule has 0 aliphatic carbocycles. The molecule has 5 heteroatoms. The Morgan fingerprint density at radius 2 is 1.71 bits per heavy atom. The smallest absolute Gasteiger partial charge is 0.331 e. The van der Waals surface area contributed by atoms with Crippen molar-refractivity contribution in [3.63, 3.8) is 0 Å². The summed E-state index contributed by atoms with van der Waals surface area (Å²) in [4.78, 5) is 10.3. The van der Waals surface area contributed by atoms with Gasteiger partial charge in [-0.1, -0.05) is 11.6 Å². The van der Waals surface area contributed by atoms with Gasteiger partial charge < -0.3 is 20.1 Å². The number of carboxylic acids is 1. The van der Waals surface area contributed by atoms with Crippen LogP contribution in [-0.2, 0) is 9.53 Å². The highest BCUT2D eigenvalue weighted by atomic mass is 16.5. The third-order valence-electron chi connectivity index (χ3n) is 1.88. The standard InChI is InChI=1S/C8H12O2.C4H10O3/c1-4-5-6(2)7(3)8(9)10;5-1-3-7-4-2-6/h4H,1,5H2,2-3H3,(H,9,10);5-6H,1-4H2. The van der Waals surface area contributed by atoms with Gasteiger partial charge in [0.15, 0.2) is 0 Å². The maximum atomic E-state index is 10.3. The number of rotatable bonds is 7. The van der Waals surface area contributed by atoms with Gasteiger partial charge in [0.2, 0.25) is 0 Å². The number of hydrogen-bond acceptors (Lipinski definition) is 4. The monoisotopic (exact) mass is 246 g/mol. The molecule has 0 spiro atoms. The molecule has 0 aromatic carbocycles. The number of carboxylic acid groups (broad SMARTS) is 1. The lowest BCUT2D eigenvalue weighted by molar-refractivity contribution is -0.132. The zero-order valence-electron chi connectivity index (χ0n) is 10.5. The third-order valence-corrected chi connectivity index (χ3v) is 1.88. The van der Waals surface area contributed by atoms with Crippen molar-refractivity contribution in [2.24, 2.45) is 0 Å². The number of aliphatic hydroxyl groups is 2. The number of allylic oxidation sites excluding steroid dienone is 2. The Kier molecular flexibility index (Phi) is 13.8. The van der Waals surface area contributed by atoms with Gasteiger partial charge in [0.25, 0.3) is 0 Å². The van der Waals surface area contributed by atoms with E-state index in [-0.39, 0.29) is 13.2 Å². The largest absolute Gasteiger partial charge is 0.478 e. The number of carbonyl (C=O) groups is 1. The second kappa shape index (κ2) is 12.9. The molecule has 0 rings (SSSR count). The average Bonchev–Trinajstić information content (AvgIpc) is 2.30. The number of aliphatic hydroxyl groups excluding tert-OH is 2. The highest BCUT2D eigenvalue weighted by Gasteiger charge is 2.02. The first kappa shape index (κ1) is 18.2. The van der Waals surface area contributed by atoms with E-state index >= 15 is 0 Å². The maximum Gasteiger partial charge on any atom is 0.331 e. The molecule has 3 N–H and O–H groups in total. The van der Waals surface area contributed by atoms with Crippen molar-refractivity contribution in [3.8, 4) is 0 Å². The van der Waals surface area contributed by atoms with Crippen molar-refractivity contribution >= 4 is 5.97 Å². The Bertz CT molecular complexity index is 241. The summed E-state index contributed by atoms with van der Waals surface area (Å²) < 4.78 is 4.63. The minimum atomic E-state index is -0.848. The van der Waals surface area contributed by atoms with Crippen molar-refractivity contribution < 1.29 is 24.9 Å². The Balaban J connectivity index is 0. The van der Waals surface area contributed by atoms with Crippen LogP contribution < -0.4 is 0 Å². The van der Waals surface area contributed by atoms with Crippen LogP contribution in [0.2, 0.25) is 0 Å². The summed E-state index contributed by atoms with van der Waals surface area (Å²) in [5.74, 6) is -0.848. The van der Waals surface area contributed by atoms with E-state index in [1.165, 1.54) is 0 Å². The van der Waals surface area contributed by atoms with E-state index in [1.54, 1.807) is 19.9 Å². The van der Waals surface area contributed by atoms with Gasteiger partial charge >= 0.3 is 5.97 Å². The Morgan fingerprint density at radius 3 is 2.00 bits per heavy atom. The Hall–Kier alpha value is -1.17. The molecule has 0 atom stereocenters. The van der Waals surface area contributed by atoms with E-state index in [0.29, 0.717) is 25.2 Å². The summed E-state index contributed by atoms with van der Waals surface area (Å²) in [5.41, 5.74) is 1.28. The Morgan fingerprint density at radius 1 is 1.24 bits per heavy atom. The fourth-order valence-electron chi connectivity index (χ4n) is 0.783. The molecule has 0 amide bonds. The molecule has 17 heavy (non-hydrogen) atoms. The van der Waals surface area contributed by atoms with Gasteiger partial charge in [0.05, 0.1) is 26.4 Å². The van der Waals surface area contributed by atoms with E-state index in [4.69, 9.17) is 15.3 Å². The first-order valence-electron chi connectivity index (χ1n) is 5.31. The molecule has 0 saturated heterocycles. The number of aliphatic carboxylic acids is 1. The molecule has 0 radical (unpaired) electrons. The highest BCUT2D eigenvalue weighted by molar-refractivity contribution is 5.86. The van der Waals surface area contributed by atoms with E-state index < -0.39 is 5.97 Å². The number of hydrogen-bond donors (Lipinski definition) is 3. The average molecular weight is 246 g/mol. The van der Waals surface area contributed by atoms with Gasteiger partial charge in [-0.05, 0) is 20.3 Å². The zero-order valence-corrected chi connectivity index (χ0v) is 10.5. The highest BCUT2D eigenvalue weighted by Crippen LogP contribution is 2.07. The molecule has 0 fully saturated rings. The topological polar surface area (TPSA) is 87.0 Å². The molecule has 0 bridgehead atoms. The lowest BCUT2D eigenvalue weighted by Gasteiger charge is -1.98. The van der Waals surface area contributed by atoms with Gasteiger partial charge in [-0.15, -0.1) is 6.58 Å². The summed E-state index contributed by atoms with van der Waals surface area (Å²) >= 11 is 0. The second-order valence-electron chi connectivity index (χ2n) is 3.26. The van der Waals surface area contributed by atoms with Crippen LogP contribution in [0.1, 0.15) is 20.3 Å². The van der Waals surface area contributed by atoms with Crippen LogP contribution in [0.5, 0.6) is 0 Å². The quantitative estimate of drug-likeness (QED) is 0.354. The van der Waals surface area contributed by atoms with Crippen molar-refractivity contribution in [2.45, 2.75) is 20.3 Å². The fourth-order valence-corrected chi connectivity index (χ4v) is 0.783. The van der Waals surface area contributed by atoms with Gasteiger partial charge in [0, 0.05) is 5.57 Å². The summed E-state index contributed by atoms with van der Waals surface area (Å²) in [5, 5.41) is 24.7. The molecule has 0 saturated carbocycles. The molecule has 0 aromatic heterocycles. The molecule has 0 heterocycles. The van der Waals surface area contributed by atoms with Crippen LogP contribution in [0.25, 0.3) is 0 Å². The maximum absolute atomic E-state index is 10.3. The molecular formula is C12H22O5. The van der Waals surface area contributed by atoms with Crippen LogP contribution >= 0.6 is 0 Å². The van der Waals surface area contributed by atoms with Crippen LogP contribution in [0.4, 0.5) is 0 Å². The summed E-state index contributed by atoms with van der Waals surface area (Å²) in [6.45, 7) is 7.61. The van der Waals surface area contributed by atoms with Gasteiger partial charge in [-0.2, -0.15) is 0 Å². The van der Waals surface area contributed by atoms with Crippen molar-refractivity contribution in [3.05, 3.63) is 23.8 Å². The van der Waals surface area contributed by atoms with E-state index in [1.807, 2.05) is 0 Å². The predicted molar refractivity (Wildman–Crippen MR) is 65.8 cm³/mol. The van der Waals surface area contributed by atoms with Crippen molar-refractivity contribution in [1.29, 1.82) is 0 Å². The van der Waals surface area contributed by atoms with Crippen LogP contribution in [0.3, 0.4) is 0 Å². The first-order chi connectivity index (χ1) is 8.01. The lowest BCUT2D eigenvalue weighted by atomic mass is 10.1. The first-order valence-corrected chi connectivity index (χ1v) is 5.31. The fraction of sp³-hybridized carbons (Fsp3) is 0.583. The molecular weight excluding hydrogens is 224 g/mol. The molecule has 5 nitrogen and oxygen atoms in total. The van der Waals surface area contributed by atoms with Crippen molar-refractivity contribution in [2.75, 3.05) is 26.4 Å². The number of ether oxygens (including phenoxy) is 1. The summed E-state index contributed by atoms with van der Waals surface area (Å²) in [6, 6.07) is 0. The van der Waals surface area contributed by atoms with Gasteiger partial charge in [0.1, 0.15) is 0 Å². The van der Waals surface area contributed by atoms with E-state index in [2.05, 4.69) is 11.3 Å². The lowest BCUT2D eigenvalue weighted by Crippen LogP contribution is -2.03. The minimum Gasteiger partial charge on any atom is -0.478 e. The van der Waals surface area contributed by atoms with Gasteiger partial charge in [-0.25, -0.2) is 4.79 Å². The Labute approximate surface area is 102 Å². The SMILES string of the molecule is C=CCC(C)=C(C)C(=O)O.OCCOCCO. The molecule has 0 aliphatic rings. The molecule has 0 aromatic rings. The van der Waals surface area contributed by atoms with Gasteiger partial charge in [-0.3, -0.25) is 0 Å². The van der Waals surface area contributed by atoms with E-state index in [0.717, 1.165) is 5.57 Å². The molecule has 0 unspecified atom stereocenters. The molecule has 100 valence electrons.